The fourth-order valence-corrected chi connectivity index (χ4v) is 4.32. The van der Waals surface area contributed by atoms with Crippen LogP contribution in [0, 0.1) is 0 Å². The van der Waals surface area contributed by atoms with Crippen LogP contribution < -0.4 is 9.64 Å². The fourth-order valence-electron chi connectivity index (χ4n) is 4.32. The number of hydrogen-bond acceptors (Lipinski definition) is 6. The Kier molecular flexibility index (Phi) is 6.70. The molecule has 0 amide bonds. The van der Waals surface area contributed by atoms with Crippen LogP contribution in [-0.2, 0) is 9.53 Å². The predicted octanol–water partition coefficient (Wildman–Crippen LogP) is 4.56. The molecule has 6 nitrogen and oxygen atoms in total. The van der Waals surface area contributed by atoms with Crippen molar-refractivity contribution in [3.05, 3.63) is 95.6 Å². The Morgan fingerprint density at radius 1 is 0.971 bits per heavy atom. The molecule has 0 bridgehead atoms. The number of rotatable bonds is 7. The summed E-state index contributed by atoms with van der Waals surface area (Å²) >= 11 is 0. The minimum absolute atomic E-state index is 0.0635. The number of esters is 1. The average Bonchev–Trinajstić information content (AvgIpc) is 2.84. The first kappa shape index (κ1) is 23.5. The van der Waals surface area contributed by atoms with Crippen molar-refractivity contribution in [2.45, 2.75) is 38.5 Å². The number of para-hydroxylation sites is 1. The first-order valence-electron chi connectivity index (χ1n) is 11.4. The summed E-state index contributed by atoms with van der Waals surface area (Å²) in [5.74, 6) is 0.0359. The van der Waals surface area contributed by atoms with Gasteiger partial charge in [-0.05, 0) is 51.1 Å². The number of ether oxygens (including phenoxy) is 2. The molecule has 1 aliphatic heterocycles. The van der Waals surface area contributed by atoms with E-state index in [1.807, 2.05) is 67.3 Å². The van der Waals surface area contributed by atoms with Crippen molar-refractivity contribution in [2.75, 3.05) is 18.1 Å². The minimum atomic E-state index is -0.989. The summed E-state index contributed by atoms with van der Waals surface area (Å²) < 4.78 is 11.4. The molecule has 1 N–H and O–H groups in total. The van der Waals surface area contributed by atoms with Crippen LogP contribution in [-0.4, -0.2) is 41.7 Å². The molecule has 3 aromatic rings. The molecule has 0 unspecified atom stereocenters. The number of carbonyl (C=O) groups is 2. The Morgan fingerprint density at radius 2 is 1.62 bits per heavy atom. The van der Waals surface area contributed by atoms with Gasteiger partial charge in [-0.1, -0.05) is 48.5 Å². The molecule has 0 aliphatic carbocycles. The maximum atomic E-state index is 13.2. The van der Waals surface area contributed by atoms with Crippen molar-refractivity contribution in [3.8, 4) is 5.75 Å². The van der Waals surface area contributed by atoms with E-state index in [9.17, 15) is 14.7 Å². The van der Waals surface area contributed by atoms with Gasteiger partial charge in [0.15, 0.2) is 5.78 Å². The van der Waals surface area contributed by atoms with Crippen molar-refractivity contribution < 1.29 is 24.2 Å². The third-order valence-electron chi connectivity index (χ3n) is 6.04. The predicted molar refractivity (Wildman–Crippen MR) is 130 cm³/mol. The summed E-state index contributed by atoms with van der Waals surface area (Å²) in [5.41, 5.74) is 1.52. The minimum Gasteiger partial charge on any atom is -0.485 e. The number of benzene rings is 3. The van der Waals surface area contributed by atoms with E-state index in [-0.39, 0.29) is 18.9 Å². The second-order valence-corrected chi connectivity index (χ2v) is 8.81. The Hall–Kier alpha value is -3.64. The molecule has 0 fully saturated rings. The van der Waals surface area contributed by atoms with Gasteiger partial charge in [0.05, 0.1) is 12.6 Å². The third-order valence-corrected chi connectivity index (χ3v) is 6.04. The van der Waals surface area contributed by atoms with Crippen LogP contribution in [0.3, 0.4) is 0 Å². The lowest BCUT2D eigenvalue weighted by atomic mass is 9.84. The molecule has 2 atom stereocenters. The number of aliphatic hydroxyl groups excluding tert-OH is 1. The van der Waals surface area contributed by atoms with Crippen LogP contribution in [0.5, 0.6) is 5.75 Å². The molecule has 34 heavy (non-hydrogen) atoms. The molecule has 6 heteroatoms. The van der Waals surface area contributed by atoms with Crippen LogP contribution >= 0.6 is 0 Å². The highest BCUT2D eigenvalue weighted by Crippen LogP contribution is 2.44. The average molecular weight is 460 g/mol. The summed E-state index contributed by atoms with van der Waals surface area (Å²) in [7, 11) is 0. The Balaban J connectivity index is 1.83. The first-order chi connectivity index (χ1) is 16.3. The quantitative estimate of drug-likeness (QED) is 0.412. The largest absolute Gasteiger partial charge is 0.485 e. The normalized spacial score (nSPS) is 18.4. The van der Waals surface area contributed by atoms with Crippen LogP contribution in [0.25, 0.3) is 0 Å². The van der Waals surface area contributed by atoms with E-state index >= 15 is 0 Å². The highest BCUT2D eigenvalue weighted by molar-refractivity contribution is 6.09. The van der Waals surface area contributed by atoms with Gasteiger partial charge in [-0.2, -0.15) is 0 Å². The topological polar surface area (TPSA) is 76.1 Å². The van der Waals surface area contributed by atoms with E-state index in [2.05, 4.69) is 0 Å². The Morgan fingerprint density at radius 3 is 2.26 bits per heavy atom. The van der Waals surface area contributed by atoms with Crippen LogP contribution in [0.4, 0.5) is 5.69 Å². The molecule has 3 aromatic carbocycles. The second kappa shape index (κ2) is 9.69. The number of carbonyl (C=O) groups excluding carboxylic acids is 2. The van der Waals surface area contributed by atoms with Crippen LogP contribution in [0.2, 0.25) is 0 Å². The first-order valence-corrected chi connectivity index (χ1v) is 11.4. The van der Waals surface area contributed by atoms with E-state index in [0.29, 0.717) is 22.4 Å². The van der Waals surface area contributed by atoms with Crippen molar-refractivity contribution in [1.29, 1.82) is 0 Å². The summed E-state index contributed by atoms with van der Waals surface area (Å²) in [6.07, 6.45) is -0.989. The number of anilines is 1. The molecule has 0 spiro atoms. The maximum Gasteiger partial charge on any atom is 0.325 e. The molecular formula is C28H29NO5. The summed E-state index contributed by atoms with van der Waals surface area (Å²) in [6.45, 7) is 5.57. The molecule has 176 valence electrons. The van der Waals surface area contributed by atoms with Gasteiger partial charge in [0, 0.05) is 22.4 Å². The SMILES string of the molecule is CCOC(=O)CN(c1ccccc1)[C@H]1c2cc(C(=O)c3ccccc3)ccc2OC(C)(C)[C@@H]1O. The standard InChI is InChI=1S/C28H29NO5/c1-4-33-24(30)18-29(21-13-9-6-10-14-21)25-22-17-20(26(31)19-11-7-5-8-12-19)15-16-23(22)34-28(2,3)27(25)32/h5-17,25,27,32H,4,18H2,1-3H3/t25-,27+/m0/s1. The molecular weight excluding hydrogens is 430 g/mol. The Labute approximate surface area is 199 Å². The van der Waals surface area contributed by atoms with E-state index in [4.69, 9.17) is 9.47 Å². The molecule has 4 rings (SSSR count). The lowest BCUT2D eigenvalue weighted by Crippen LogP contribution is -2.54. The zero-order valence-electron chi connectivity index (χ0n) is 19.6. The summed E-state index contributed by atoms with van der Waals surface area (Å²) in [5, 5.41) is 11.5. The number of hydrogen-bond donors (Lipinski definition) is 1. The highest BCUT2D eigenvalue weighted by Gasteiger charge is 2.46. The van der Waals surface area contributed by atoms with Gasteiger partial charge in [-0.15, -0.1) is 0 Å². The fraction of sp³-hybridized carbons (Fsp3) is 0.286. The van der Waals surface area contributed by atoms with E-state index < -0.39 is 23.7 Å². The zero-order chi connectivity index (χ0) is 24.3. The smallest absolute Gasteiger partial charge is 0.325 e. The number of fused-ring (bicyclic) bond motifs is 1. The van der Waals surface area contributed by atoms with Gasteiger partial charge in [-0.3, -0.25) is 9.59 Å². The van der Waals surface area contributed by atoms with Crippen LogP contribution in [0.15, 0.2) is 78.9 Å². The Bertz CT molecular complexity index is 1160. The van der Waals surface area contributed by atoms with Gasteiger partial charge in [0.25, 0.3) is 0 Å². The monoisotopic (exact) mass is 459 g/mol. The number of ketones is 1. The van der Waals surface area contributed by atoms with Crippen molar-refractivity contribution in [3.63, 3.8) is 0 Å². The van der Waals surface area contributed by atoms with Gasteiger partial charge in [-0.25, -0.2) is 0 Å². The molecule has 1 aliphatic rings. The van der Waals surface area contributed by atoms with Crippen molar-refractivity contribution in [1.82, 2.24) is 0 Å². The molecule has 0 radical (unpaired) electrons. The highest BCUT2D eigenvalue weighted by atomic mass is 16.5. The summed E-state index contributed by atoms with van der Waals surface area (Å²) in [4.78, 5) is 27.6. The van der Waals surface area contributed by atoms with Gasteiger partial charge < -0.3 is 19.5 Å². The lowest BCUT2D eigenvalue weighted by molar-refractivity contribution is -0.141. The molecule has 0 saturated carbocycles. The van der Waals surface area contributed by atoms with E-state index in [1.54, 1.807) is 37.3 Å². The molecule has 0 saturated heterocycles. The summed E-state index contributed by atoms with van der Waals surface area (Å²) in [6, 6.07) is 23.1. The van der Waals surface area contributed by atoms with Crippen molar-refractivity contribution >= 4 is 17.4 Å². The van der Waals surface area contributed by atoms with Gasteiger partial charge in [0.1, 0.15) is 24.0 Å². The van der Waals surface area contributed by atoms with Gasteiger partial charge in [0.2, 0.25) is 0 Å². The van der Waals surface area contributed by atoms with Crippen molar-refractivity contribution in [2.24, 2.45) is 0 Å². The second-order valence-electron chi connectivity index (χ2n) is 8.81. The van der Waals surface area contributed by atoms with Crippen LogP contribution in [0.1, 0.15) is 48.3 Å². The molecule has 1 heterocycles. The zero-order valence-corrected chi connectivity index (χ0v) is 19.6. The van der Waals surface area contributed by atoms with E-state index in [1.165, 1.54) is 0 Å². The molecule has 0 aromatic heterocycles. The van der Waals surface area contributed by atoms with Gasteiger partial charge >= 0.3 is 5.97 Å². The number of aliphatic hydroxyl groups is 1. The number of nitrogens with zero attached hydrogens (tertiary/aromatic N) is 1. The van der Waals surface area contributed by atoms with E-state index in [0.717, 1.165) is 5.69 Å². The lowest BCUT2D eigenvalue weighted by Gasteiger charge is -2.47. The third kappa shape index (κ3) is 4.68. The maximum absolute atomic E-state index is 13.2.